The second kappa shape index (κ2) is 4.36. The Bertz CT molecular complexity index is 396. The number of nitrogens with zero attached hydrogens (tertiary/aromatic N) is 1. The van der Waals surface area contributed by atoms with Crippen molar-refractivity contribution in [3.63, 3.8) is 0 Å². The zero-order valence-electron chi connectivity index (χ0n) is 7.21. The number of nitrogens with two attached hydrogens (primary N) is 2. The van der Waals surface area contributed by atoms with Crippen LogP contribution in [0.25, 0.3) is 10.9 Å². The van der Waals surface area contributed by atoms with Crippen molar-refractivity contribution in [3.05, 3.63) is 28.4 Å². The summed E-state index contributed by atoms with van der Waals surface area (Å²) in [5.41, 5.74) is 2.13. The maximum absolute atomic E-state index is 4.11. The van der Waals surface area contributed by atoms with E-state index in [-0.39, 0.29) is 0 Å². The van der Waals surface area contributed by atoms with Crippen LogP contribution < -0.4 is 11.7 Å². The summed E-state index contributed by atoms with van der Waals surface area (Å²) in [6.07, 6.45) is 0. The molecule has 0 bridgehead atoms. The third-order valence-corrected chi connectivity index (χ3v) is 2.20. The van der Waals surface area contributed by atoms with Gasteiger partial charge in [-0.3, -0.25) is 16.8 Å². The third-order valence-electron chi connectivity index (χ3n) is 1.71. The Morgan fingerprint density at radius 1 is 1.38 bits per heavy atom. The molecule has 0 radical (unpaired) electrons. The first-order chi connectivity index (χ1) is 6.27. The zero-order valence-corrected chi connectivity index (χ0v) is 8.80. The fraction of sp³-hybridized carbons (Fsp3) is 0.125. The zero-order chi connectivity index (χ0) is 9.84. The van der Waals surface area contributed by atoms with Crippen LogP contribution in [0.5, 0.6) is 0 Å². The number of H-pyrrole nitrogens is 1. The summed E-state index contributed by atoms with van der Waals surface area (Å²) in [4.78, 5) is 0. The van der Waals surface area contributed by atoms with E-state index in [0.717, 1.165) is 15.7 Å². The van der Waals surface area contributed by atoms with Crippen molar-refractivity contribution in [1.29, 1.82) is 0 Å². The minimum absolute atomic E-state index is 1.02. The van der Waals surface area contributed by atoms with Gasteiger partial charge in [0.25, 0.3) is 0 Å². The van der Waals surface area contributed by atoms with Gasteiger partial charge in [0.05, 0.1) is 5.52 Å². The average molecular weight is 243 g/mol. The molecule has 0 aliphatic heterocycles. The normalized spacial score (nSPS) is 9.54. The molecule has 0 fully saturated rings. The Labute approximate surface area is 84.4 Å². The molecule has 5 heteroatoms. The summed E-state index contributed by atoms with van der Waals surface area (Å²) >= 11 is 3.41. The highest BCUT2D eigenvalue weighted by atomic mass is 79.9. The fourth-order valence-electron chi connectivity index (χ4n) is 1.11. The van der Waals surface area contributed by atoms with Crippen molar-refractivity contribution in [2.24, 2.45) is 11.7 Å². The van der Waals surface area contributed by atoms with Gasteiger partial charge in [-0.25, -0.2) is 0 Å². The molecule has 13 heavy (non-hydrogen) atoms. The van der Waals surface area contributed by atoms with Gasteiger partial charge < -0.3 is 0 Å². The molecule has 0 amide bonds. The Kier molecular flexibility index (Phi) is 3.41. The van der Waals surface area contributed by atoms with Crippen molar-refractivity contribution < 1.29 is 0 Å². The number of halogens is 1. The lowest BCUT2D eigenvalue weighted by atomic mass is 10.2. The van der Waals surface area contributed by atoms with E-state index in [9.17, 15) is 0 Å². The van der Waals surface area contributed by atoms with Crippen molar-refractivity contribution in [2.45, 2.75) is 6.92 Å². The minimum atomic E-state index is 1.02. The van der Waals surface area contributed by atoms with Crippen LogP contribution in [-0.2, 0) is 0 Å². The molecular formula is C8H11BrN4. The lowest BCUT2D eigenvalue weighted by Gasteiger charge is -1.89. The topological polar surface area (TPSA) is 80.7 Å². The lowest BCUT2D eigenvalue weighted by molar-refractivity contribution is 1.07. The molecule has 5 N–H and O–H groups in total. The Morgan fingerprint density at radius 2 is 2.08 bits per heavy atom. The summed E-state index contributed by atoms with van der Waals surface area (Å²) < 4.78 is 1.09. The van der Waals surface area contributed by atoms with E-state index in [1.54, 1.807) is 0 Å². The minimum Gasteiger partial charge on any atom is -0.282 e. The van der Waals surface area contributed by atoms with E-state index in [2.05, 4.69) is 43.9 Å². The van der Waals surface area contributed by atoms with Crippen molar-refractivity contribution >= 4 is 26.8 Å². The first-order valence-electron chi connectivity index (χ1n) is 3.71. The van der Waals surface area contributed by atoms with Gasteiger partial charge in [-0.05, 0) is 25.1 Å². The molecule has 1 aromatic heterocycles. The average Bonchev–Trinajstić information content (AvgIpc) is 2.52. The van der Waals surface area contributed by atoms with Crippen LogP contribution in [0.4, 0.5) is 0 Å². The van der Waals surface area contributed by atoms with Gasteiger partial charge in [-0.2, -0.15) is 5.10 Å². The van der Waals surface area contributed by atoms with E-state index in [4.69, 9.17) is 0 Å². The molecule has 0 saturated carbocycles. The number of aromatic nitrogens is 2. The molecule has 0 saturated heterocycles. The van der Waals surface area contributed by atoms with Gasteiger partial charge in [0, 0.05) is 15.6 Å². The van der Waals surface area contributed by atoms with Crippen molar-refractivity contribution in [3.8, 4) is 0 Å². The van der Waals surface area contributed by atoms with E-state index in [0.29, 0.717) is 0 Å². The first kappa shape index (κ1) is 10.2. The Balaban J connectivity index is 0.000000396. The van der Waals surface area contributed by atoms with Gasteiger partial charge in [0.2, 0.25) is 0 Å². The van der Waals surface area contributed by atoms with E-state index in [1.807, 2.05) is 19.1 Å². The van der Waals surface area contributed by atoms with Gasteiger partial charge in [-0.1, -0.05) is 15.9 Å². The number of fused-ring (bicyclic) bond motifs is 1. The van der Waals surface area contributed by atoms with E-state index < -0.39 is 0 Å². The largest absolute Gasteiger partial charge is 0.282 e. The highest BCUT2D eigenvalue weighted by molar-refractivity contribution is 9.10. The number of rotatable bonds is 0. The summed E-state index contributed by atoms with van der Waals surface area (Å²) in [6, 6.07) is 6.04. The summed E-state index contributed by atoms with van der Waals surface area (Å²) in [7, 11) is 0. The smallest absolute Gasteiger partial charge is 0.0924 e. The van der Waals surface area contributed by atoms with Crippen molar-refractivity contribution in [1.82, 2.24) is 10.2 Å². The quantitative estimate of drug-likeness (QED) is 0.484. The molecule has 0 unspecified atom stereocenters. The summed E-state index contributed by atoms with van der Waals surface area (Å²) in [5, 5.41) is 8.23. The molecule has 1 heterocycles. The molecule has 70 valence electrons. The summed E-state index contributed by atoms with van der Waals surface area (Å²) in [5.74, 6) is 8.00. The van der Waals surface area contributed by atoms with Crippen LogP contribution in [0, 0.1) is 6.92 Å². The maximum atomic E-state index is 4.11. The molecule has 2 rings (SSSR count). The van der Waals surface area contributed by atoms with Crippen LogP contribution >= 0.6 is 15.9 Å². The molecule has 2 aromatic rings. The SMILES string of the molecule is Cc1[nH]nc2ccc(Br)cc12.NN. The third kappa shape index (κ3) is 2.06. The molecule has 4 nitrogen and oxygen atoms in total. The van der Waals surface area contributed by atoms with Crippen LogP contribution in [-0.4, -0.2) is 10.2 Å². The summed E-state index contributed by atoms with van der Waals surface area (Å²) in [6.45, 7) is 2.02. The first-order valence-corrected chi connectivity index (χ1v) is 4.50. The molecule has 0 aliphatic rings. The number of hydrazine groups is 1. The van der Waals surface area contributed by atoms with E-state index >= 15 is 0 Å². The van der Waals surface area contributed by atoms with Gasteiger partial charge >= 0.3 is 0 Å². The van der Waals surface area contributed by atoms with Crippen LogP contribution in [0.2, 0.25) is 0 Å². The molecule has 0 aliphatic carbocycles. The second-order valence-electron chi connectivity index (χ2n) is 2.51. The molecule has 1 aromatic carbocycles. The van der Waals surface area contributed by atoms with Crippen LogP contribution in [0.1, 0.15) is 5.69 Å². The highest BCUT2D eigenvalue weighted by Crippen LogP contribution is 2.19. The highest BCUT2D eigenvalue weighted by Gasteiger charge is 1.99. The predicted molar refractivity (Wildman–Crippen MR) is 56.9 cm³/mol. The lowest BCUT2D eigenvalue weighted by Crippen LogP contribution is -2.02. The van der Waals surface area contributed by atoms with E-state index in [1.165, 1.54) is 5.39 Å². The second-order valence-corrected chi connectivity index (χ2v) is 3.43. The number of aryl methyl sites for hydroxylation is 1. The standard InChI is InChI=1S/C8H7BrN2.H4N2/c1-5-7-4-6(9)2-3-8(7)11-10-5;1-2/h2-4H,1H3,(H,10,11);1-2H2. The fourth-order valence-corrected chi connectivity index (χ4v) is 1.47. The number of hydrogen-bond acceptors (Lipinski definition) is 3. The molecule has 0 spiro atoms. The number of nitrogens with one attached hydrogen (secondary N) is 1. The predicted octanol–water partition coefficient (Wildman–Crippen LogP) is 1.45. The number of aromatic amines is 1. The molecular weight excluding hydrogens is 232 g/mol. The van der Waals surface area contributed by atoms with Crippen molar-refractivity contribution in [2.75, 3.05) is 0 Å². The Hall–Kier alpha value is -0.910. The number of hydrogen-bond donors (Lipinski definition) is 3. The monoisotopic (exact) mass is 242 g/mol. The van der Waals surface area contributed by atoms with Gasteiger partial charge in [0.1, 0.15) is 0 Å². The van der Waals surface area contributed by atoms with Gasteiger partial charge in [-0.15, -0.1) is 0 Å². The van der Waals surface area contributed by atoms with Crippen LogP contribution in [0.15, 0.2) is 22.7 Å². The maximum Gasteiger partial charge on any atom is 0.0924 e. The van der Waals surface area contributed by atoms with Crippen LogP contribution in [0.3, 0.4) is 0 Å². The Morgan fingerprint density at radius 3 is 2.77 bits per heavy atom. The number of benzene rings is 1. The van der Waals surface area contributed by atoms with Gasteiger partial charge in [0.15, 0.2) is 0 Å². The molecule has 0 atom stereocenters.